The number of hydrogen-bond donors (Lipinski definition) is 2. The molecule has 0 bridgehead atoms. The molecular formula is C12H14ClNO3. The number of nitrogens with zero attached hydrogens (tertiary/aromatic N) is 1. The number of carboxylic acid groups (broad SMARTS) is 1. The molecule has 4 nitrogen and oxygen atoms in total. The molecular weight excluding hydrogens is 242 g/mol. The van der Waals surface area contributed by atoms with Gasteiger partial charge in [-0.3, -0.25) is 9.69 Å². The molecule has 0 radical (unpaired) electrons. The summed E-state index contributed by atoms with van der Waals surface area (Å²) in [4.78, 5) is 12.8. The molecule has 1 aromatic rings. The topological polar surface area (TPSA) is 60.8 Å². The number of hydrogen-bond acceptors (Lipinski definition) is 3. The van der Waals surface area contributed by atoms with Crippen molar-refractivity contribution < 1.29 is 15.0 Å². The number of benzene rings is 1. The van der Waals surface area contributed by atoms with E-state index < -0.39 is 18.1 Å². The first-order valence-corrected chi connectivity index (χ1v) is 5.84. The van der Waals surface area contributed by atoms with Gasteiger partial charge in [0.2, 0.25) is 0 Å². The van der Waals surface area contributed by atoms with Gasteiger partial charge in [-0.2, -0.15) is 0 Å². The van der Waals surface area contributed by atoms with Gasteiger partial charge in [-0.15, -0.1) is 0 Å². The van der Waals surface area contributed by atoms with Crippen molar-refractivity contribution in [2.75, 3.05) is 6.54 Å². The molecule has 0 spiro atoms. The van der Waals surface area contributed by atoms with Gasteiger partial charge in [0.25, 0.3) is 0 Å². The fraction of sp³-hybridized carbons (Fsp3) is 0.417. The Morgan fingerprint density at radius 2 is 2.18 bits per heavy atom. The number of carboxylic acids is 1. The third-order valence-corrected chi connectivity index (χ3v) is 3.37. The van der Waals surface area contributed by atoms with E-state index in [-0.39, 0.29) is 6.42 Å². The Kier molecular flexibility index (Phi) is 3.66. The highest BCUT2D eigenvalue weighted by Gasteiger charge is 2.35. The molecule has 0 amide bonds. The fourth-order valence-electron chi connectivity index (χ4n) is 2.16. The van der Waals surface area contributed by atoms with Crippen LogP contribution in [-0.2, 0) is 11.3 Å². The van der Waals surface area contributed by atoms with Gasteiger partial charge in [0, 0.05) is 24.5 Å². The molecule has 1 aliphatic rings. The Bertz CT molecular complexity index is 424. The molecule has 92 valence electrons. The number of aliphatic hydroxyl groups excluding tert-OH is 1. The number of halogens is 1. The minimum atomic E-state index is -0.895. The highest BCUT2D eigenvalue weighted by atomic mass is 35.5. The van der Waals surface area contributed by atoms with E-state index in [1.165, 1.54) is 0 Å². The third kappa shape index (κ3) is 2.77. The molecule has 17 heavy (non-hydrogen) atoms. The number of aliphatic carboxylic acids is 1. The molecule has 2 atom stereocenters. The monoisotopic (exact) mass is 255 g/mol. The lowest BCUT2D eigenvalue weighted by Gasteiger charge is -2.21. The van der Waals surface area contributed by atoms with Crippen LogP contribution in [0.25, 0.3) is 0 Å². The molecule has 0 unspecified atom stereocenters. The lowest BCUT2D eigenvalue weighted by Crippen LogP contribution is -2.35. The van der Waals surface area contributed by atoms with Crippen LogP contribution in [-0.4, -0.2) is 39.8 Å². The first kappa shape index (κ1) is 12.4. The average Bonchev–Trinajstić information content (AvgIpc) is 2.63. The molecule has 1 fully saturated rings. The summed E-state index contributed by atoms with van der Waals surface area (Å²) in [6.45, 7) is 0.829. The number of likely N-dealkylation sites (tertiary alicyclic amines) is 1. The van der Waals surface area contributed by atoms with Gasteiger partial charge in [-0.05, 0) is 11.6 Å². The number of rotatable bonds is 3. The molecule has 1 aromatic carbocycles. The average molecular weight is 256 g/mol. The summed E-state index contributed by atoms with van der Waals surface area (Å²) in [6, 6.07) is 6.72. The predicted molar refractivity (Wildman–Crippen MR) is 63.9 cm³/mol. The standard InChI is InChI=1S/C12H14ClNO3/c13-10-4-2-1-3-8(10)6-14-7-9(15)5-11(14)12(16)17/h1-4,9,11,15H,5-7H2,(H,16,17)/t9-,11-/m1/s1. The van der Waals surface area contributed by atoms with E-state index in [4.69, 9.17) is 16.7 Å². The predicted octanol–water partition coefficient (Wildman–Crippen LogP) is 1.36. The van der Waals surface area contributed by atoms with Crippen molar-refractivity contribution in [3.63, 3.8) is 0 Å². The number of carbonyl (C=O) groups is 1. The van der Waals surface area contributed by atoms with Crippen LogP contribution in [0.1, 0.15) is 12.0 Å². The quantitative estimate of drug-likeness (QED) is 0.856. The third-order valence-electron chi connectivity index (χ3n) is 3.00. The summed E-state index contributed by atoms with van der Waals surface area (Å²) in [5.41, 5.74) is 0.884. The molecule has 1 heterocycles. The van der Waals surface area contributed by atoms with Crippen LogP contribution >= 0.6 is 11.6 Å². The number of aliphatic hydroxyl groups is 1. The Hall–Kier alpha value is -1.10. The summed E-state index contributed by atoms with van der Waals surface area (Å²) in [7, 11) is 0. The zero-order valence-corrected chi connectivity index (χ0v) is 9.97. The van der Waals surface area contributed by atoms with Gasteiger partial charge < -0.3 is 10.2 Å². The second-order valence-corrected chi connectivity index (χ2v) is 4.67. The molecule has 0 aromatic heterocycles. The number of β-amino-alcohol motifs (C(OH)–C–C–N with tert-alkyl or cyclic N) is 1. The first-order valence-electron chi connectivity index (χ1n) is 5.46. The zero-order chi connectivity index (χ0) is 12.4. The molecule has 1 saturated heterocycles. The Morgan fingerprint density at radius 3 is 2.82 bits per heavy atom. The normalized spacial score (nSPS) is 25.1. The SMILES string of the molecule is O=C(O)[C@H]1C[C@@H](O)CN1Cc1ccccc1Cl. The minimum absolute atomic E-state index is 0.278. The van der Waals surface area contributed by atoms with E-state index in [9.17, 15) is 9.90 Å². The van der Waals surface area contributed by atoms with Crippen molar-refractivity contribution in [2.24, 2.45) is 0 Å². The molecule has 2 rings (SSSR count). The van der Waals surface area contributed by atoms with Gasteiger partial charge in [-0.1, -0.05) is 29.8 Å². The van der Waals surface area contributed by atoms with Gasteiger partial charge >= 0.3 is 5.97 Å². The van der Waals surface area contributed by atoms with Gasteiger partial charge in [0.15, 0.2) is 0 Å². The lowest BCUT2D eigenvalue weighted by atomic mass is 10.2. The molecule has 0 saturated carbocycles. The van der Waals surface area contributed by atoms with E-state index in [2.05, 4.69) is 0 Å². The van der Waals surface area contributed by atoms with Crippen LogP contribution in [0.15, 0.2) is 24.3 Å². The Balaban J connectivity index is 2.13. The largest absolute Gasteiger partial charge is 0.480 e. The molecule has 0 aliphatic carbocycles. The first-order chi connectivity index (χ1) is 8.08. The van der Waals surface area contributed by atoms with Crippen LogP contribution < -0.4 is 0 Å². The van der Waals surface area contributed by atoms with Crippen LogP contribution in [0.5, 0.6) is 0 Å². The smallest absolute Gasteiger partial charge is 0.321 e. The van der Waals surface area contributed by atoms with Crippen LogP contribution in [0, 0.1) is 0 Å². The van der Waals surface area contributed by atoms with Crippen LogP contribution in [0.2, 0.25) is 5.02 Å². The minimum Gasteiger partial charge on any atom is -0.480 e. The maximum absolute atomic E-state index is 11.0. The highest BCUT2D eigenvalue weighted by Crippen LogP contribution is 2.24. The maximum Gasteiger partial charge on any atom is 0.321 e. The summed E-state index contributed by atoms with van der Waals surface area (Å²) in [5, 5.41) is 19.2. The van der Waals surface area contributed by atoms with E-state index >= 15 is 0 Å². The molecule has 5 heteroatoms. The van der Waals surface area contributed by atoms with Crippen molar-refractivity contribution in [2.45, 2.75) is 25.1 Å². The highest BCUT2D eigenvalue weighted by molar-refractivity contribution is 6.31. The molecule has 1 aliphatic heterocycles. The maximum atomic E-state index is 11.0. The van der Waals surface area contributed by atoms with Crippen LogP contribution in [0.4, 0.5) is 0 Å². The van der Waals surface area contributed by atoms with Gasteiger partial charge in [-0.25, -0.2) is 0 Å². The Morgan fingerprint density at radius 1 is 1.47 bits per heavy atom. The van der Waals surface area contributed by atoms with E-state index in [1.807, 2.05) is 18.2 Å². The van der Waals surface area contributed by atoms with Crippen molar-refractivity contribution in [3.05, 3.63) is 34.9 Å². The molecule has 2 N–H and O–H groups in total. The van der Waals surface area contributed by atoms with E-state index in [1.54, 1.807) is 11.0 Å². The second-order valence-electron chi connectivity index (χ2n) is 4.26. The summed E-state index contributed by atoms with van der Waals surface area (Å²) in [5.74, 6) is -0.895. The van der Waals surface area contributed by atoms with E-state index in [0.29, 0.717) is 18.1 Å². The second kappa shape index (κ2) is 5.04. The van der Waals surface area contributed by atoms with Crippen molar-refractivity contribution in [1.82, 2.24) is 4.90 Å². The Labute approximate surface area is 104 Å². The zero-order valence-electron chi connectivity index (χ0n) is 9.21. The van der Waals surface area contributed by atoms with Gasteiger partial charge in [0.05, 0.1) is 6.10 Å². The summed E-state index contributed by atoms with van der Waals surface area (Å²) >= 11 is 6.03. The van der Waals surface area contributed by atoms with Gasteiger partial charge in [0.1, 0.15) is 6.04 Å². The van der Waals surface area contributed by atoms with Crippen molar-refractivity contribution >= 4 is 17.6 Å². The summed E-state index contributed by atoms with van der Waals surface area (Å²) in [6.07, 6.45) is -0.293. The van der Waals surface area contributed by atoms with Crippen molar-refractivity contribution in [3.8, 4) is 0 Å². The fourth-order valence-corrected chi connectivity index (χ4v) is 2.35. The van der Waals surface area contributed by atoms with E-state index in [0.717, 1.165) is 5.56 Å². The van der Waals surface area contributed by atoms with Crippen molar-refractivity contribution in [1.29, 1.82) is 0 Å². The summed E-state index contributed by atoms with van der Waals surface area (Å²) < 4.78 is 0. The lowest BCUT2D eigenvalue weighted by molar-refractivity contribution is -0.142. The van der Waals surface area contributed by atoms with Crippen LogP contribution in [0.3, 0.4) is 0 Å².